The van der Waals surface area contributed by atoms with Crippen LogP contribution >= 0.6 is 0 Å². The van der Waals surface area contributed by atoms with E-state index in [0.29, 0.717) is 16.7 Å². The Bertz CT molecular complexity index is 1720. The molecule has 2 aliphatic heterocycles. The molecule has 3 fully saturated rings. The summed E-state index contributed by atoms with van der Waals surface area (Å²) in [4.78, 5) is 94.1. The van der Waals surface area contributed by atoms with Gasteiger partial charge in [0.05, 0.1) is 51.5 Å². The van der Waals surface area contributed by atoms with E-state index in [1.807, 2.05) is 0 Å². The lowest BCUT2D eigenvalue weighted by Gasteiger charge is -2.55. The molecule has 14 heteroatoms. The number of non-ortho nitro benzene ring substituents is 2. The van der Waals surface area contributed by atoms with Gasteiger partial charge in [-0.05, 0) is 51.0 Å². The first-order chi connectivity index (χ1) is 21.2. The van der Waals surface area contributed by atoms with E-state index in [1.54, 1.807) is 20.8 Å². The van der Waals surface area contributed by atoms with Crippen molar-refractivity contribution in [2.75, 3.05) is 16.4 Å². The summed E-state index contributed by atoms with van der Waals surface area (Å²) in [6.07, 6.45) is 0. The Morgan fingerprint density at radius 1 is 0.778 bits per heavy atom. The molecule has 5 aliphatic rings. The molecule has 232 valence electrons. The van der Waals surface area contributed by atoms with Gasteiger partial charge in [0.2, 0.25) is 23.6 Å². The third-order valence-electron chi connectivity index (χ3n) is 9.94. The number of allylic oxidation sites excluding steroid dienone is 1. The molecular formula is C31H28N4O10. The van der Waals surface area contributed by atoms with Crippen LogP contribution in [-0.2, 0) is 28.7 Å². The first-order valence-corrected chi connectivity index (χ1v) is 14.3. The van der Waals surface area contributed by atoms with Crippen molar-refractivity contribution in [1.82, 2.24) is 0 Å². The average molecular weight is 617 g/mol. The molecule has 2 bridgehead atoms. The summed E-state index contributed by atoms with van der Waals surface area (Å²) in [6, 6.07) is 7.48. The van der Waals surface area contributed by atoms with E-state index in [0.717, 1.165) is 9.80 Å². The zero-order chi connectivity index (χ0) is 32.9. The van der Waals surface area contributed by atoms with Crippen molar-refractivity contribution in [2.24, 2.45) is 35.0 Å². The number of nitrogens with zero attached hydrogens (tertiary/aromatic N) is 4. The number of esters is 1. The lowest BCUT2D eigenvalue weighted by Crippen LogP contribution is -2.61. The molecule has 45 heavy (non-hydrogen) atoms. The maximum absolute atomic E-state index is 14.4. The number of ether oxygens (including phenoxy) is 1. The molecule has 0 aromatic heterocycles. The van der Waals surface area contributed by atoms with Gasteiger partial charge in [-0.25, -0.2) is 14.6 Å². The minimum absolute atomic E-state index is 0.000530. The van der Waals surface area contributed by atoms with Gasteiger partial charge in [0, 0.05) is 41.2 Å². The van der Waals surface area contributed by atoms with E-state index < -0.39 is 74.4 Å². The molecule has 2 saturated heterocycles. The zero-order valence-corrected chi connectivity index (χ0v) is 24.9. The molecule has 0 radical (unpaired) electrons. The normalized spacial score (nSPS) is 28.5. The summed E-state index contributed by atoms with van der Waals surface area (Å²) >= 11 is 0. The molecule has 1 saturated carbocycles. The molecule has 2 aromatic carbocycles. The van der Waals surface area contributed by atoms with E-state index >= 15 is 0 Å². The fourth-order valence-corrected chi connectivity index (χ4v) is 8.29. The average Bonchev–Trinajstić information content (AvgIpc) is 3.39. The highest BCUT2D eigenvalue weighted by Crippen LogP contribution is 2.69. The Hall–Kier alpha value is -5.27. The predicted molar refractivity (Wildman–Crippen MR) is 156 cm³/mol. The number of nitro benzene ring substituents is 2. The molecule has 0 spiro atoms. The van der Waals surface area contributed by atoms with Gasteiger partial charge in [0.1, 0.15) is 0 Å². The second-order valence-corrected chi connectivity index (χ2v) is 12.1. The van der Waals surface area contributed by atoms with E-state index in [4.69, 9.17) is 4.74 Å². The number of nitro groups is 2. The Kier molecular flexibility index (Phi) is 6.53. The van der Waals surface area contributed by atoms with Crippen LogP contribution in [-0.4, -0.2) is 46.1 Å². The van der Waals surface area contributed by atoms with Crippen LogP contribution in [0.3, 0.4) is 0 Å². The number of benzene rings is 2. The highest BCUT2D eigenvalue weighted by atomic mass is 16.6. The van der Waals surface area contributed by atoms with Crippen LogP contribution in [0.25, 0.3) is 0 Å². The van der Waals surface area contributed by atoms with Crippen molar-refractivity contribution in [3.05, 3.63) is 78.9 Å². The second-order valence-electron chi connectivity index (χ2n) is 12.1. The Balaban J connectivity index is 1.52. The smallest absolute Gasteiger partial charge is 0.334 e. The summed E-state index contributed by atoms with van der Waals surface area (Å²) in [7, 11) is 0. The summed E-state index contributed by atoms with van der Waals surface area (Å²) in [6.45, 7) is 7.82. The van der Waals surface area contributed by atoms with Gasteiger partial charge < -0.3 is 4.74 Å². The van der Waals surface area contributed by atoms with Crippen LogP contribution in [0.4, 0.5) is 22.7 Å². The minimum Gasteiger partial charge on any atom is -0.463 e. The molecule has 4 atom stereocenters. The third kappa shape index (κ3) is 3.77. The van der Waals surface area contributed by atoms with Crippen LogP contribution in [0.5, 0.6) is 0 Å². The van der Waals surface area contributed by atoms with Gasteiger partial charge in [0.25, 0.3) is 11.4 Å². The highest BCUT2D eigenvalue weighted by molar-refractivity contribution is 6.28. The van der Waals surface area contributed by atoms with Crippen molar-refractivity contribution in [3.8, 4) is 0 Å². The molecule has 3 aliphatic carbocycles. The molecule has 2 aromatic rings. The number of carbonyl (C=O) groups is 5. The SMILES string of the molecule is CCOC(=O)C1=C(C)C2C3C(=O)N(c4ccc([N+](=O)[O-])cc4C)C(=O)C3C1(C)C1C(=O)N(c3ccc([N+](=O)[O-])cc3C)C(=O)C21. The Morgan fingerprint density at radius 3 is 1.56 bits per heavy atom. The first kappa shape index (κ1) is 29.8. The lowest BCUT2D eigenvalue weighted by molar-refractivity contribution is -0.385. The van der Waals surface area contributed by atoms with Gasteiger partial charge in [-0.15, -0.1) is 0 Å². The number of imide groups is 2. The molecule has 0 N–H and O–H groups in total. The Labute approximate surface area is 255 Å². The summed E-state index contributed by atoms with van der Waals surface area (Å²) in [5, 5.41) is 22.7. The molecule has 4 unspecified atom stereocenters. The number of amides is 4. The van der Waals surface area contributed by atoms with Gasteiger partial charge in [-0.3, -0.25) is 39.4 Å². The van der Waals surface area contributed by atoms with Gasteiger partial charge in [0.15, 0.2) is 0 Å². The van der Waals surface area contributed by atoms with Gasteiger partial charge in [-0.2, -0.15) is 0 Å². The van der Waals surface area contributed by atoms with Crippen molar-refractivity contribution in [2.45, 2.75) is 34.6 Å². The van der Waals surface area contributed by atoms with Crippen molar-refractivity contribution < 1.29 is 38.6 Å². The maximum atomic E-state index is 14.4. The summed E-state index contributed by atoms with van der Waals surface area (Å²) < 4.78 is 5.38. The van der Waals surface area contributed by atoms with E-state index in [2.05, 4.69) is 0 Å². The third-order valence-corrected chi connectivity index (χ3v) is 9.94. The summed E-state index contributed by atoms with van der Waals surface area (Å²) in [5.74, 6) is -9.06. The number of carbonyl (C=O) groups excluding carboxylic acids is 5. The minimum atomic E-state index is -1.65. The zero-order valence-electron chi connectivity index (χ0n) is 24.9. The van der Waals surface area contributed by atoms with Crippen LogP contribution in [0, 0.1) is 69.1 Å². The maximum Gasteiger partial charge on any atom is 0.334 e. The van der Waals surface area contributed by atoms with Crippen LogP contribution in [0.2, 0.25) is 0 Å². The highest BCUT2D eigenvalue weighted by Gasteiger charge is 2.77. The molecule has 14 nitrogen and oxygen atoms in total. The van der Waals surface area contributed by atoms with E-state index in [-0.39, 0.29) is 34.9 Å². The van der Waals surface area contributed by atoms with E-state index in [1.165, 1.54) is 50.2 Å². The standard InChI is InChI=1S/C31H28N4O10/c1-6-45-30(40)23-15(4)20-21-24(28(38)32(26(21)36)18-9-7-16(34(41)42)11-13(18)2)31(23,5)25-22(20)27(37)33(29(25)39)19-10-8-17(35(43)44)12-14(19)3/h7-12,20-22,24-25H,6H2,1-5H3. The fraction of sp³-hybridized carbons (Fsp3) is 0.387. The fourth-order valence-electron chi connectivity index (χ4n) is 8.29. The number of hydrogen-bond donors (Lipinski definition) is 0. The number of aryl methyl sites for hydroxylation is 2. The van der Waals surface area contributed by atoms with Crippen molar-refractivity contribution >= 4 is 52.3 Å². The first-order valence-electron chi connectivity index (χ1n) is 14.3. The number of rotatable bonds is 6. The van der Waals surface area contributed by atoms with Crippen LogP contribution < -0.4 is 9.80 Å². The monoisotopic (exact) mass is 616 g/mol. The predicted octanol–water partition coefficient (Wildman–Crippen LogP) is 3.56. The molecule has 2 heterocycles. The molecule has 7 rings (SSSR count). The summed E-state index contributed by atoms with van der Waals surface area (Å²) in [5.41, 5.74) is -0.790. The Morgan fingerprint density at radius 2 is 1.20 bits per heavy atom. The number of hydrogen-bond acceptors (Lipinski definition) is 10. The van der Waals surface area contributed by atoms with E-state index in [9.17, 15) is 44.2 Å². The number of anilines is 2. The van der Waals surface area contributed by atoms with Gasteiger partial charge in [-0.1, -0.05) is 12.5 Å². The van der Waals surface area contributed by atoms with Crippen LogP contribution in [0.15, 0.2) is 47.5 Å². The topological polar surface area (TPSA) is 187 Å². The quantitative estimate of drug-likeness (QED) is 0.201. The molecular weight excluding hydrogens is 588 g/mol. The van der Waals surface area contributed by atoms with Crippen molar-refractivity contribution in [3.63, 3.8) is 0 Å². The van der Waals surface area contributed by atoms with Crippen molar-refractivity contribution in [1.29, 1.82) is 0 Å². The van der Waals surface area contributed by atoms with Gasteiger partial charge >= 0.3 is 5.97 Å². The second kappa shape index (κ2) is 9.87. The van der Waals surface area contributed by atoms with Crippen LogP contribution in [0.1, 0.15) is 31.9 Å². The lowest BCUT2D eigenvalue weighted by atomic mass is 9.43. The molecule has 4 amide bonds. The largest absolute Gasteiger partial charge is 0.463 e.